The summed E-state index contributed by atoms with van der Waals surface area (Å²) in [6.45, 7) is 0.599. The van der Waals surface area contributed by atoms with E-state index in [0.29, 0.717) is 6.54 Å². The third kappa shape index (κ3) is 2.20. The Hall–Kier alpha value is -0.540. The molecule has 0 unspecified atom stereocenters. The van der Waals surface area contributed by atoms with Crippen LogP contribution in [0.25, 0.3) is 0 Å². The average molecular weight is 216 g/mol. The van der Waals surface area contributed by atoms with Gasteiger partial charge in [0.1, 0.15) is 5.75 Å². The fourth-order valence-electron chi connectivity index (χ4n) is 0.908. The second-order valence-corrected chi connectivity index (χ2v) is 3.17. The molecule has 0 radical (unpaired) electrons. The first-order valence-electron chi connectivity index (χ1n) is 3.41. The van der Waals surface area contributed by atoms with E-state index >= 15 is 0 Å². The van der Waals surface area contributed by atoms with Crippen molar-refractivity contribution in [1.29, 1.82) is 0 Å². The summed E-state index contributed by atoms with van der Waals surface area (Å²) in [4.78, 5) is 0. The molecule has 0 aliphatic carbocycles. The summed E-state index contributed by atoms with van der Waals surface area (Å²) >= 11 is 3.36. The number of benzene rings is 1. The first-order valence-corrected chi connectivity index (χ1v) is 4.21. The van der Waals surface area contributed by atoms with Gasteiger partial charge >= 0.3 is 0 Å². The van der Waals surface area contributed by atoms with Crippen molar-refractivity contribution in [1.82, 2.24) is 0 Å². The van der Waals surface area contributed by atoms with Crippen LogP contribution in [-0.2, 0) is 6.42 Å². The molecule has 1 aromatic rings. The first-order chi connectivity index (χ1) is 5.24. The molecule has 0 heterocycles. The van der Waals surface area contributed by atoms with Crippen molar-refractivity contribution >= 4 is 15.9 Å². The normalized spacial score (nSPS) is 10.0. The summed E-state index contributed by atoms with van der Waals surface area (Å²) in [6, 6.07) is 5.18. The lowest BCUT2D eigenvalue weighted by atomic mass is 10.1. The molecule has 1 aromatic carbocycles. The van der Waals surface area contributed by atoms with E-state index in [4.69, 9.17) is 10.8 Å². The molecule has 0 saturated carbocycles. The van der Waals surface area contributed by atoms with Crippen LogP contribution in [0.4, 0.5) is 0 Å². The number of phenols is 1. The van der Waals surface area contributed by atoms with Gasteiger partial charge < -0.3 is 10.8 Å². The molecular weight excluding hydrogens is 206 g/mol. The Morgan fingerprint density at radius 3 is 2.82 bits per heavy atom. The molecule has 11 heavy (non-hydrogen) atoms. The Morgan fingerprint density at radius 2 is 2.18 bits per heavy atom. The second kappa shape index (κ2) is 3.74. The maximum Gasteiger partial charge on any atom is 0.115 e. The Kier molecular flexibility index (Phi) is 2.91. The number of rotatable bonds is 2. The molecule has 60 valence electrons. The van der Waals surface area contributed by atoms with E-state index in [2.05, 4.69) is 15.9 Å². The molecule has 0 saturated heterocycles. The first kappa shape index (κ1) is 8.56. The van der Waals surface area contributed by atoms with Gasteiger partial charge in [-0.2, -0.15) is 0 Å². The fraction of sp³-hybridized carbons (Fsp3) is 0.250. The zero-order chi connectivity index (χ0) is 8.27. The van der Waals surface area contributed by atoms with Crippen molar-refractivity contribution in [2.24, 2.45) is 5.73 Å². The van der Waals surface area contributed by atoms with E-state index in [1.54, 1.807) is 12.1 Å². The van der Waals surface area contributed by atoms with Crippen molar-refractivity contribution in [2.75, 3.05) is 6.54 Å². The number of hydrogen-bond acceptors (Lipinski definition) is 2. The minimum absolute atomic E-state index is 0.289. The van der Waals surface area contributed by atoms with Crippen LogP contribution in [0.15, 0.2) is 22.7 Å². The molecule has 0 amide bonds. The van der Waals surface area contributed by atoms with Crippen LogP contribution in [0.2, 0.25) is 0 Å². The van der Waals surface area contributed by atoms with Crippen LogP contribution in [0, 0.1) is 0 Å². The van der Waals surface area contributed by atoms with E-state index < -0.39 is 0 Å². The highest BCUT2D eigenvalue weighted by Crippen LogP contribution is 2.21. The van der Waals surface area contributed by atoms with Crippen molar-refractivity contribution in [3.63, 3.8) is 0 Å². The highest BCUT2D eigenvalue weighted by Gasteiger charge is 1.98. The smallest absolute Gasteiger partial charge is 0.115 e. The maximum absolute atomic E-state index is 9.10. The van der Waals surface area contributed by atoms with Crippen LogP contribution in [0.3, 0.4) is 0 Å². The lowest BCUT2D eigenvalue weighted by Crippen LogP contribution is -2.02. The second-order valence-electron chi connectivity index (χ2n) is 2.31. The predicted octanol–water partition coefficient (Wildman–Crippen LogP) is 1.66. The SMILES string of the molecule is NCCc1cc(O)ccc1Br. The molecule has 0 aliphatic rings. The molecular formula is C8H10BrNO. The molecule has 1 rings (SSSR count). The average Bonchev–Trinajstić information content (AvgIpc) is 1.98. The van der Waals surface area contributed by atoms with Gasteiger partial charge in [0, 0.05) is 4.47 Å². The third-order valence-corrected chi connectivity index (χ3v) is 2.22. The summed E-state index contributed by atoms with van der Waals surface area (Å²) in [5.41, 5.74) is 6.43. The van der Waals surface area contributed by atoms with E-state index in [-0.39, 0.29) is 5.75 Å². The van der Waals surface area contributed by atoms with Gasteiger partial charge in [0.2, 0.25) is 0 Å². The Bertz CT molecular complexity index is 250. The van der Waals surface area contributed by atoms with Crippen molar-refractivity contribution in [2.45, 2.75) is 6.42 Å². The molecule has 0 aromatic heterocycles. The van der Waals surface area contributed by atoms with Crippen LogP contribution < -0.4 is 5.73 Å². The van der Waals surface area contributed by atoms with E-state index in [0.717, 1.165) is 16.5 Å². The van der Waals surface area contributed by atoms with Crippen LogP contribution >= 0.6 is 15.9 Å². The van der Waals surface area contributed by atoms with Crippen LogP contribution in [0.5, 0.6) is 5.75 Å². The lowest BCUT2D eigenvalue weighted by molar-refractivity contribution is 0.474. The standard InChI is InChI=1S/C8H10BrNO/c9-8-2-1-7(11)5-6(8)3-4-10/h1-2,5,11H,3-4,10H2. The molecule has 3 N–H and O–H groups in total. The van der Waals surface area contributed by atoms with Gasteiger partial charge in [0.05, 0.1) is 0 Å². The van der Waals surface area contributed by atoms with Gasteiger partial charge in [-0.05, 0) is 36.7 Å². The fourth-order valence-corrected chi connectivity index (χ4v) is 1.35. The zero-order valence-corrected chi connectivity index (χ0v) is 7.63. The molecule has 0 bridgehead atoms. The number of halogens is 1. The third-order valence-electron chi connectivity index (χ3n) is 1.44. The molecule has 0 aliphatic heterocycles. The highest BCUT2D eigenvalue weighted by molar-refractivity contribution is 9.10. The molecule has 0 atom stereocenters. The number of nitrogens with two attached hydrogens (primary N) is 1. The number of aromatic hydroxyl groups is 1. The molecule has 0 spiro atoms. The summed E-state index contributed by atoms with van der Waals surface area (Å²) < 4.78 is 1.00. The summed E-state index contributed by atoms with van der Waals surface area (Å²) in [5.74, 6) is 0.289. The molecule has 3 heteroatoms. The predicted molar refractivity (Wildman–Crippen MR) is 48.6 cm³/mol. The van der Waals surface area contributed by atoms with Gasteiger partial charge in [0.25, 0.3) is 0 Å². The van der Waals surface area contributed by atoms with Crippen molar-refractivity contribution in [3.05, 3.63) is 28.2 Å². The van der Waals surface area contributed by atoms with Gasteiger partial charge in [-0.1, -0.05) is 15.9 Å². The van der Waals surface area contributed by atoms with Gasteiger partial charge in [-0.15, -0.1) is 0 Å². The number of phenolic OH excluding ortho intramolecular Hbond substituents is 1. The van der Waals surface area contributed by atoms with Gasteiger partial charge in [-0.3, -0.25) is 0 Å². The Balaban J connectivity index is 2.93. The topological polar surface area (TPSA) is 46.2 Å². The van der Waals surface area contributed by atoms with E-state index in [1.165, 1.54) is 0 Å². The van der Waals surface area contributed by atoms with Crippen molar-refractivity contribution in [3.8, 4) is 5.75 Å². The summed E-state index contributed by atoms with van der Waals surface area (Å²) in [6.07, 6.45) is 0.787. The van der Waals surface area contributed by atoms with Crippen molar-refractivity contribution < 1.29 is 5.11 Å². The van der Waals surface area contributed by atoms with E-state index in [1.807, 2.05) is 6.07 Å². The van der Waals surface area contributed by atoms with E-state index in [9.17, 15) is 0 Å². The van der Waals surface area contributed by atoms with Crippen LogP contribution in [-0.4, -0.2) is 11.7 Å². The van der Waals surface area contributed by atoms with Gasteiger partial charge in [-0.25, -0.2) is 0 Å². The minimum atomic E-state index is 0.289. The quantitative estimate of drug-likeness (QED) is 0.789. The zero-order valence-electron chi connectivity index (χ0n) is 6.05. The molecule has 2 nitrogen and oxygen atoms in total. The highest BCUT2D eigenvalue weighted by atomic mass is 79.9. The molecule has 0 fully saturated rings. The maximum atomic E-state index is 9.10. The number of hydrogen-bond donors (Lipinski definition) is 2. The van der Waals surface area contributed by atoms with Gasteiger partial charge in [0.15, 0.2) is 0 Å². The lowest BCUT2D eigenvalue weighted by Gasteiger charge is -2.02. The monoisotopic (exact) mass is 215 g/mol. The minimum Gasteiger partial charge on any atom is -0.508 e. The van der Waals surface area contributed by atoms with Crippen LogP contribution in [0.1, 0.15) is 5.56 Å². The summed E-state index contributed by atoms with van der Waals surface area (Å²) in [5, 5.41) is 9.10. The summed E-state index contributed by atoms with van der Waals surface area (Å²) in [7, 11) is 0. The largest absolute Gasteiger partial charge is 0.508 e. The Morgan fingerprint density at radius 1 is 1.45 bits per heavy atom. The Labute approximate surface area is 74.2 Å².